The Morgan fingerprint density at radius 3 is 2.59 bits per heavy atom. The molecule has 1 aromatic carbocycles. The lowest BCUT2D eigenvalue weighted by Gasteiger charge is -2.16. The molecular formula is C18H24N6O3. The maximum atomic E-state index is 12.2. The topological polar surface area (TPSA) is 102 Å². The highest BCUT2D eigenvalue weighted by molar-refractivity contribution is 5.90. The van der Waals surface area contributed by atoms with Gasteiger partial charge in [-0.25, -0.2) is 4.79 Å². The van der Waals surface area contributed by atoms with Crippen LogP contribution in [0.25, 0.3) is 0 Å². The first-order valence-electron chi connectivity index (χ1n) is 8.82. The van der Waals surface area contributed by atoms with Gasteiger partial charge in [-0.15, -0.1) is 0 Å². The Morgan fingerprint density at radius 2 is 1.93 bits per heavy atom. The van der Waals surface area contributed by atoms with Gasteiger partial charge in [-0.05, 0) is 43.5 Å². The minimum Gasteiger partial charge on any atom is -0.497 e. The first kappa shape index (κ1) is 18.7. The standard InChI is InChI=1S/C18H24N6O3/c1-12-10-13(26-2)6-7-14(12)20-17(25)19-11-15-21-16(23-18(22-15)27-3)24-8-4-5-9-24/h6-7,10H,4-5,8-9,11H2,1-3H3,(H2,19,20,25). The van der Waals surface area contributed by atoms with Crippen LogP contribution in [0.4, 0.5) is 16.4 Å². The minimum absolute atomic E-state index is 0.167. The smallest absolute Gasteiger partial charge is 0.321 e. The van der Waals surface area contributed by atoms with E-state index in [-0.39, 0.29) is 18.6 Å². The SMILES string of the molecule is COc1ccc(NC(=O)NCc2nc(OC)nc(N3CCCC3)n2)c(C)c1. The molecule has 2 amide bonds. The van der Waals surface area contributed by atoms with Crippen molar-refractivity contribution in [2.75, 3.05) is 37.5 Å². The number of rotatable bonds is 6. The summed E-state index contributed by atoms with van der Waals surface area (Å²) in [6, 6.07) is 5.35. The third kappa shape index (κ3) is 4.75. The van der Waals surface area contributed by atoms with Gasteiger partial charge >= 0.3 is 12.0 Å². The lowest BCUT2D eigenvalue weighted by atomic mass is 10.2. The summed E-state index contributed by atoms with van der Waals surface area (Å²) in [5.41, 5.74) is 1.61. The summed E-state index contributed by atoms with van der Waals surface area (Å²) in [6.45, 7) is 3.90. The van der Waals surface area contributed by atoms with Crippen LogP contribution in [-0.2, 0) is 6.54 Å². The monoisotopic (exact) mass is 372 g/mol. The van der Waals surface area contributed by atoms with Gasteiger partial charge in [-0.2, -0.15) is 15.0 Å². The Kier molecular flexibility index (Phi) is 5.90. The number of hydrogen-bond acceptors (Lipinski definition) is 7. The number of amides is 2. The van der Waals surface area contributed by atoms with Gasteiger partial charge in [0.2, 0.25) is 5.95 Å². The predicted octanol–water partition coefficient (Wildman–Crippen LogP) is 2.12. The fourth-order valence-electron chi connectivity index (χ4n) is 2.84. The van der Waals surface area contributed by atoms with E-state index in [0.717, 1.165) is 37.2 Å². The van der Waals surface area contributed by atoms with Crippen LogP contribution in [0.1, 0.15) is 24.2 Å². The molecule has 9 nitrogen and oxygen atoms in total. The van der Waals surface area contributed by atoms with Gasteiger partial charge in [-0.1, -0.05) is 0 Å². The molecule has 3 rings (SSSR count). The molecule has 2 heterocycles. The summed E-state index contributed by atoms with van der Waals surface area (Å²) in [6.07, 6.45) is 2.23. The van der Waals surface area contributed by atoms with Crippen LogP contribution in [-0.4, -0.2) is 48.3 Å². The molecule has 1 fully saturated rings. The Bertz CT molecular complexity index is 808. The number of methoxy groups -OCH3 is 2. The Labute approximate surface area is 158 Å². The van der Waals surface area contributed by atoms with Gasteiger partial charge < -0.3 is 25.0 Å². The number of nitrogens with one attached hydrogen (secondary N) is 2. The fraction of sp³-hybridized carbons (Fsp3) is 0.444. The lowest BCUT2D eigenvalue weighted by Crippen LogP contribution is -2.30. The van der Waals surface area contributed by atoms with E-state index in [0.29, 0.717) is 17.5 Å². The van der Waals surface area contributed by atoms with Crippen molar-refractivity contribution in [2.45, 2.75) is 26.3 Å². The zero-order valence-corrected chi connectivity index (χ0v) is 15.8. The minimum atomic E-state index is -0.342. The largest absolute Gasteiger partial charge is 0.497 e. The van der Waals surface area contributed by atoms with Gasteiger partial charge in [0.1, 0.15) is 5.75 Å². The summed E-state index contributed by atoms with van der Waals surface area (Å²) in [4.78, 5) is 27.3. The van der Waals surface area contributed by atoms with E-state index in [1.54, 1.807) is 19.2 Å². The molecular weight excluding hydrogens is 348 g/mol. The maximum Gasteiger partial charge on any atom is 0.321 e. The summed E-state index contributed by atoms with van der Waals surface area (Å²) in [5.74, 6) is 1.78. The number of nitrogens with zero attached hydrogens (tertiary/aromatic N) is 4. The van der Waals surface area contributed by atoms with Gasteiger partial charge in [0.05, 0.1) is 20.8 Å². The predicted molar refractivity (Wildman–Crippen MR) is 101 cm³/mol. The van der Waals surface area contributed by atoms with Crippen molar-refractivity contribution in [1.82, 2.24) is 20.3 Å². The highest BCUT2D eigenvalue weighted by Gasteiger charge is 2.18. The highest BCUT2D eigenvalue weighted by atomic mass is 16.5. The third-order valence-electron chi connectivity index (χ3n) is 4.31. The van der Waals surface area contributed by atoms with Crippen LogP contribution in [0.2, 0.25) is 0 Å². The second-order valence-corrected chi connectivity index (χ2v) is 6.22. The average Bonchev–Trinajstić information content (AvgIpc) is 3.22. The zero-order chi connectivity index (χ0) is 19.2. The molecule has 0 bridgehead atoms. The number of urea groups is 1. The maximum absolute atomic E-state index is 12.2. The van der Waals surface area contributed by atoms with Gasteiger partial charge in [0.15, 0.2) is 5.82 Å². The normalized spacial score (nSPS) is 13.4. The molecule has 0 atom stereocenters. The Balaban J connectivity index is 1.63. The van der Waals surface area contributed by atoms with E-state index in [1.807, 2.05) is 13.0 Å². The van der Waals surface area contributed by atoms with Crippen molar-refractivity contribution >= 4 is 17.7 Å². The van der Waals surface area contributed by atoms with Gasteiger partial charge in [-0.3, -0.25) is 0 Å². The molecule has 2 aromatic rings. The molecule has 0 aliphatic carbocycles. The van der Waals surface area contributed by atoms with Crippen LogP contribution in [0.15, 0.2) is 18.2 Å². The summed E-state index contributed by atoms with van der Waals surface area (Å²) in [5, 5.41) is 5.58. The number of aryl methyl sites for hydroxylation is 1. The van der Waals surface area contributed by atoms with E-state index < -0.39 is 0 Å². The number of benzene rings is 1. The number of hydrogen-bond donors (Lipinski definition) is 2. The van der Waals surface area contributed by atoms with E-state index in [1.165, 1.54) is 7.11 Å². The van der Waals surface area contributed by atoms with Crippen LogP contribution < -0.4 is 25.0 Å². The van der Waals surface area contributed by atoms with Crippen molar-refractivity contribution in [3.05, 3.63) is 29.6 Å². The molecule has 0 radical (unpaired) electrons. The number of carbonyl (C=O) groups is 1. The molecule has 0 spiro atoms. The summed E-state index contributed by atoms with van der Waals surface area (Å²) < 4.78 is 10.3. The first-order valence-corrected chi connectivity index (χ1v) is 8.82. The third-order valence-corrected chi connectivity index (χ3v) is 4.31. The first-order chi connectivity index (χ1) is 13.1. The summed E-state index contributed by atoms with van der Waals surface area (Å²) >= 11 is 0. The molecule has 0 unspecified atom stereocenters. The molecule has 27 heavy (non-hydrogen) atoms. The Morgan fingerprint density at radius 1 is 1.15 bits per heavy atom. The molecule has 1 aliphatic rings. The van der Waals surface area contributed by atoms with E-state index >= 15 is 0 Å². The molecule has 0 saturated carbocycles. The molecule has 1 saturated heterocycles. The van der Waals surface area contributed by atoms with E-state index in [2.05, 4.69) is 30.5 Å². The second-order valence-electron chi connectivity index (χ2n) is 6.22. The lowest BCUT2D eigenvalue weighted by molar-refractivity contribution is 0.251. The van der Waals surface area contributed by atoms with Crippen molar-refractivity contribution in [3.8, 4) is 11.8 Å². The highest BCUT2D eigenvalue weighted by Crippen LogP contribution is 2.21. The van der Waals surface area contributed by atoms with Gasteiger partial charge in [0.25, 0.3) is 0 Å². The average molecular weight is 372 g/mol. The van der Waals surface area contributed by atoms with Crippen molar-refractivity contribution in [2.24, 2.45) is 0 Å². The fourth-order valence-corrected chi connectivity index (χ4v) is 2.84. The van der Waals surface area contributed by atoms with Crippen molar-refractivity contribution in [3.63, 3.8) is 0 Å². The molecule has 2 N–H and O–H groups in total. The van der Waals surface area contributed by atoms with Crippen molar-refractivity contribution in [1.29, 1.82) is 0 Å². The molecule has 144 valence electrons. The number of anilines is 2. The molecule has 9 heteroatoms. The van der Waals surface area contributed by atoms with Crippen LogP contribution >= 0.6 is 0 Å². The zero-order valence-electron chi connectivity index (χ0n) is 15.8. The van der Waals surface area contributed by atoms with Gasteiger partial charge in [0, 0.05) is 18.8 Å². The quantitative estimate of drug-likeness (QED) is 0.801. The number of aromatic nitrogens is 3. The van der Waals surface area contributed by atoms with E-state index in [9.17, 15) is 4.79 Å². The van der Waals surface area contributed by atoms with Crippen LogP contribution in [0.5, 0.6) is 11.8 Å². The molecule has 1 aliphatic heterocycles. The second kappa shape index (κ2) is 8.52. The van der Waals surface area contributed by atoms with Crippen molar-refractivity contribution < 1.29 is 14.3 Å². The van der Waals surface area contributed by atoms with Crippen LogP contribution in [0.3, 0.4) is 0 Å². The number of carbonyl (C=O) groups excluding carboxylic acids is 1. The summed E-state index contributed by atoms with van der Waals surface area (Å²) in [7, 11) is 3.12. The Hall–Kier alpha value is -3.10. The number of ether oxygens (including phenoxy) is 2. The molecule has 1 aromatic heterocycles. The van der Waals surface area contributed by atoms with E-state index in [4.69, 9.17) is 9.47 Å². The van der Waals surface area contributed by atoms with Crippen LogP contribution in [0, 0.1) is 6.92 Å².